The SMILES string of the molecule is O=C(O)C1=C/C(=C/C=NC(Cc2cnc[nH]2)C(=O)O)C[C@@H](C(=O)O)N1. The number of imidazole rings is 1. The van der Waals surface area contributed by atoms with Crippen molar-refractivity contribution in [1.82, 2.24) is 15.3 Å². The van der Waals surface area contributed by atoms with Crippen molar-refractivity contribution in [2.45, 2.75) is 24.9 Å². The monoisotopic (exact) mass is 348 g/mol. The average Bonchev–Trinajstić information content (AvgIpc) is 3.06. The van der Waals surface area contributed by atoms with Gasteiger partial charge in [-0.05, 0) is 17.7 Å². The van der Waals surface area contributed by atoms with Gasteiger partial charge in [-0.25, -0.2) is 19.4 Å². The zero-order valence-corrected chi connectivity index (χ0v) is 12.9. The van der Waals surface area contributed by atoms with Gasteiger partial charge in [0.15, 0.2) is 6.04 Å². The lowest BCUT2D eigenvalue weighted by Gasteiger charge is -2.21. The van der Waals surface area contributed by atoms with Gasteiger partial charge in [0.1, 0.15) is 11.7 Å². The first-order valence-electron chi connectivity index (χ1n) is 7.23. The number of aromatic amines is 1. The molecule has 2 rings (SSSR count). The number of H-pyrrole nitrogens is 1. The lowest BCUT2D eigenvalue weighted by atomic mass is 10.00. The number of nitrogens with one attached hydrogen (secondary N) is 2. The number of allylic oxidation sites excluding steroid dienone is 2. The van der Waals surface area contributed by atoms with Crippen molar-refractivity contribution in [1.29, 1.82) is 0 Å². The number of rotatable bonds is 7. The van der Waals surface area contributed by atoms with Gasteiger partial charge >= 0.3 is 17.9 Å². The highest BCUT2D eigenvalue weighted by atomic mass is 16.4. The summed E-state index contributed by atoms with van der Waals surface area (Å²) < 4.78 is 0. The molecule has 0 radical (unpaired) electrons. The fourth-order valence-electron chi connectivity index (χ4n) is 2.20. The molecule has 0 bridgehead atoms. The summed E-state index contributed by atoms with van der Waals surface area (Å²) in [4.78, 5) is 43.9. The van der Waals surface area contributed by atoms with E-state index in [1.807, 2.05) is 0 Å². The number of carbonyl (C=O) groups is 3. The van der Waals surface area contributed by atoms with Crippen LogP contribution in [-0.4, -0.2) is 61.5 Å². The summed E-state index contributed by atoms with van der Waals surface area (Å²) in [5.74, 6) is -3.59. The van der Waals surface area contributed by atoms with Crippen LogP contribution >= 0.6 is 0 Å². The Morgan fingerprint density at radius 2 is 2.12 bits per heavy atom. The van der Waals surface area contributed by atoms with Crippen molar-refractivity contribution in [3.8, 4) is 0 Å². The molecular formula is C15H16N4O6. The molecule has 2 atom stereocenters. The van der Waals surface area contributed by atoms with E-state index >= 15 is 0 Å². The van der Waals surface area contributed by atoms with Crippen LogP contribution in [0.25, 0.3) is 0 Å². The smallest absolute Gasteiger partial charge is 0.351 e. The third-order valence-electron chi connectivity index (χ3n) is 3.44. The van der Waals surface area contributed by atoms with Crippen LogP contribution in [0.2, 0.25) is 0 Å². The molecule has 10 heteroatoms. The summed E-state index contributed by atoms with van der Waals surface area (Å²) in [6, 6.07) is -2.12. The number of nitrogens with zero attached hydrogens (tertiary/aromatic N) is 2. The van der Waals surface area contributed by atoms with Gasteiger partial charge < -0.3 is 25.6 Å². The molecule has 0 saturated carbocycles. The second-order valence-electron chi connectivity index (χ2n) is 5.28. The lowest BCUT2D eigenvalue weighted by molar-refractivity contribution is -0.140. The second kappa shape index (κ2) is 7.90. The van der Waals surface area contributed by atoms with Crippen molar-refractivity contribution in [2.75, 3.05) is 0 Å². The molecule has 2 heterocycles. The quantitative estimate of drug-likeness (QED) is 0.423. The van der Waals surface area contributed by atoms with Crippen LogP contribution < -0.4 is 5.32 Å². The predicted molar refractivity (Wildman–Crippen MR) is 85.2 cm³/mol. The summed E-state index contributed by atoms with van der Waals surface area (Å²) in [7, 11) is 0. The van der Waals surface area contributed by atoms with Crippen LogP contribution in [-0.2, 0) is 20.8 Å². The first kappa shape index (κ1) is 17.9. The molecular weight excluding hydrogens is 332 g/mol. The Morgan fingerprint density at radius 3 is 2.68 bits per heavy atom. The van der Waals surface area contributed by atoms with Crippen LogP contribution in [0.15, 0.2) is 40.9 Å². The average molecular weight is 348 g/mol. The molecule has 0 aliphatic carbocycles. The summed E-state index contributed by atoms with van der Waals surface area (Å²) in [5.41, 5.74) is 0.779. The summed E-state index contributed by atoms with van der Waals surface area (Å²) >= 11 is 0. The van der Waals surface area contributed by atoms with E-state index in [-0.39, 0.29) is 18.5 Å². The van der Waals surface area contributed by atoms with Gasteiger partial charge in [0, 0.05) is 30.9 Å². The topological polar surface area (TPSA) is 165 Å². The highest BCUT2D eigenvalue weighted by Crippen LogP contribution is 2.16. The number of carboxylic acid groups (broad SMARTS) is 3. The zero-order valence-electron chi connectivity index (χ0n) is 12.9. The maximum atomic E-state index is 11.2. The maximum absolute atomic E-state index is 11.2. The molecule has 1 aliphatic heterocycles. The number of aliphatic carboxylic acids is 3. The Morgan fingerprint density at radius 1 is 1.36 bits per heavy atom. The van der Waals surface area contributed by atoms with Crippen molar-refractivity contribution >= 4 is 24.1 Å². The van der Waals surface area contributed by atoms with Gasteiger partial charge in [-0.1, -0.05) is 0 Å². The molecule has 1 aliphatic rings. The maximum Gasteiger partial charge on any atom is 0.351 e. The van der Waals surface area contributed by atoms with Crippen molar-refractivity contribution < 1.29 is 29.7 Å². The standard InChI is InChI=1S/C15H16N4O6/c20-13(21)10(5-9-6-16-7-18-9)17-2-1-8-3-11(14(22)23)19-12(4-8)15(24)25/h1-3,6-7,10,12,19H,4-5H2,(H,16,18)(H,20,21)(H,22,23)(H,24,25)/b8-1-,17-2?/t10?,12-/m0/s1. The Balaban J connectivity index is 2.14. The van der Waals surface area contributed by atoms with E-state index in [0.717, 1.165) is 0 Å². The first-order chi connectivity index (χ1) is 11.9. The Hall–Kier alpha value is -3.43. The van der Waals surface area contributed by atoms with E-state index in [2.05, 4.69) is 20.3 Å². The van der Waals surface area contributed by atoms with E-state index in [1.165, 1.54) is 30.9 Å². The molecule has 1 aromatic rings. The van der Waals surface area contributed by atoms with E-state index in [4.69, 9.17) is 10.2 Å². The third-order valence-corrected chi connectivity index (χ3v) is 3.44. The molecule has 5 N–H and O–H groups in total. The minimum absolute atomic E-state index is 0.0520. The van der Waals surface area contributed by atoms with Gasteiger partial charge in [-0.15, -0.1) is 0 Å². The molecule has 0 amide bonds. The highest BCUT2D eigenvalue weighted by molar-refractivity contribution is 5.89. The van der Waals surface area contributed by atoms with Crippen LogP contribution in [0, 0.1) is 0 Å². The minimum atomic E-state index is -1.28. The van der Waals surface area contributed by atoms with E-state index in [9.17, 15) is 19.5 Å². The summed E-state index contributed by atoms with van der Waals surface area (Å²) in [6.07, 6.45) is 7.03. The van der Waals surface area contributed by atoms with E-state index in [1.54, 1.807) is 0 Å². The normalized spacial score (nSPS) is 20.1. The Labute approximate surface area is 141 Å². The van der Waals surface area contributed by atoms with Gasteiger partial charge in [0.05, 0.1) is 6.33 Å². The van der Waals surface area contributed by atoms with Crippen LogP contribution in [0.4, 0.5) is 0 Å². The third kappa shape index (κ3) is 5.03. The number of carboxylic acids is 3. The van der Waals surface area contributed by atoms with E-state index < -0.39 is 30.0 Å². The first-order valence-corrected chi connectivity index (χ1v) is 7.23. The number of aromatic nitrogens is 2. The van der Waals surface area contributed by atoms with Crippen molar-refractivity contribution in [3.63, 3.8) is 0 Å². The Kier molecular flexibility index (Phi) is 5.66. The molecule has 10 nitrogen and oxygen atoms in total. The fourth-order valence-corrected chi connectivity index (χ4v) is 2.20. The number of hydrogen-bond donors (Lipinski definition) is 5. The molecule has 1 unspecified atom stereocenters. The molecule has 0 aromatic carbocycles. The molecule has 0 spiro atoms. The van der Waals surface area contributed by atoms with Crippen molar-refractivity contribution in [2.24, 2.45) is 4.99 Å². The van der Waals surface area contributed by atoms with Crippen LogP contribution in [0.1, 0.15) is 12.1 Å². The molecule has 1 aromatic heterocycles. The van der Waals surface area contributed by atoms with Crippen LogP contribution in [0.5, 0.6) is 0 Å². The number of hydrogen-bond acceptors (Lipinski definition) is 6. The Bertz CT molecular complexity index is 750. The molecule has 132 valence electrons. The van der Waals surface area contributed by atoms with Crippen LogP contribution in [0.3, 0.4) is 0 Å². The van der Waals surface area contributed by atoms with E-state index in [0.29, 0.717) is 11.3 Å². The van der Waals surface area contributed by atoms with Gasteiger partial charge in [-0.3, -0.25) is 4.99 Å². The molecule has 0 fully saturated rings. The van der Waals surface area contributed by atoms with Gasteiger partial charge in [-0.2, -0.15) is 0 Å². The lowest BCUT2D eigenvalue weighted by Crippen LogP contribution is -2.41. The molecule has 25 heavy (non-hydrogen) atoms. The van der Waals surface area contributed by atoms with Crippen molar-refractivity contribution in [3.05, 3.63) is 41.6 Å². The van der Waals surface area contributed by atoms with Gasteiger partial charge in [0.25, 0.3) is 0 Å². The highest BCUT2D eigenvalue weighted by Gasteiger charge is 2.26. The summed E-state index contributed by atoms with van der Waals surface area (Å²) in [6.45, 7) is 0. The second-order valence-corrected chi connectivity index (χ2v) is 5.28. The predicted octanol–water partition coefficient (Wildman–Crippen LogP) is -0.182. The minimum Gasteiger partial charge on any atom is -0.480 e. The largest absolute Gasteiger partial charge is 0.480 e. The van der Waals surface area contributed by atoms with Gasteiger partial charge in [0.2, 0.25) is 0 Å². The molecule has 0 saturated heterocycles. The fraction of sp³-hybridized carbons (Fsp3) is 0.267. The zero-order chi connectivity index (χ0) is 18.4. The summed E-state index contributed by atoms with van der Waals surface area (Å²) in [5, 5.41) is 29.7. The number of aliphatic imine (C=N–C) groups is 1.